The van der Waals surface area contributed by atoms with E-state index in [1.807, 2.05) is 48.0 Å². The molecule has 4 aromatic rings. The molecule has 0 unspecified atom stereocenters. The molecule has 0 radical (unpaired) electrons. The second-order valence-corrected chi connectivity index (χ2v) is 7.75. The van der Waals surface area contributed by atoms with Crippen LogP contribution < -0.4 is 0 Å². The predicted molar refractivity (Wildman–Crippen MR) is 108 cm³/mol. The molecular weight excluding hydrogens is 384 g/mol. The summed E-state index contributed by atoms with van der Waals surface area (Å²) < 4.78 is 2.15. The summed E-state index contributed by atoms with van der Waals surface area (Å²) >= 11 is 9.28. The van der Waals surface area contributed by atoms with Crippen LogP contribution in [-0.4, -0.2) is 19.7 Å². The summed E-state index contributed by atoms with van der Waals surface area (Å²) in [6, 6.07) is 18.0. The lowest BCUT2D eigenvalue weighted by Gasteiger charge is -2.10. The highest BCUT2D eigenvalue weighted by atomic mass is 35.5. The molecule has 0 saturated carbocycles. The van der Waals surface area contributed by atoms with Crippen molar-refractivity contribution in [1.29, 1.82) is 0 Å². The van der Waals surface area contributed by atoms with Gasteiger partial charge in [-0.1, -0.05) is 53.7 Å². The Labute approximate surface area is 164 Å². The lowest BCUT2D eigenvalue weighted by Crippen LogP contribution is -2.04. The van der Waals surface area contributed by atoms with Gasteiger partial charge in [0.15, 0.2) is 11.0 Å². The molecule has 2 aromatic heterocycles. The van der Waals surface area contributed by atoms with Crippen LogP contribution in [0.1, 0.15) is 11.3 Å². The minimum atomic E-state index is 0.709. The number of halogens is 1. The zero-order valence-electron chi connectivity index (χ0n) is 13.7. The number of hydrogen-bond acceptors (Lipinski definition) is 5. The minimum Gasteiger partial charge on any atom is -0.298 e. The van der Waals surface area contributed by atoms with Crippen molar-refractivity contribution in [3.8, 4) is 11.4 Å². The van der Waals surface area contributed by atoms with Gasteiger partial charge in [0.1, 0.15) is 0 Å². The van der Waals surface area contributed by atoms with Gasteiger partial charge < -0.3 is 0 Å². The average molecular weight is 399 g/mol. The monoisotopic (exact) mass is 398 g/mol. The molecule has 130 valence electrons. The summed E-state index contributed by atoms with van der Waals surface area (Å²) in [5.41, 5.74) is 5.11. The Morgan fingerprint density at radius 2 is 1.81 bits per heavy atom. The summed E-state index contributed by atoms with van der Waals surface area (Å²) in [6.07, 6.45) is 0. The van der Waals surface area contributed by atoms with E-state index in [0.717, 1.165) is 28.0 Å². The molecular formula is C19H15ClN4S2. The summed E-state index contributed by atoms with van der Waals surface area (Å²) in [5.74, 6) is 1.61. The van der Waals surface area contributed by atoms with Crippen molar-refractivity contribution in [2.45, 2.75) is 17.5 Å². The highest BCUT2D eigenvalue weighted by Gasteiger charge is 2.15. The van der Waals surface area contributed by atoms with E-state index in [1.165, 1.54) is 5.56 Å². The van der Waals surface area contributed by atoms with E-state index >= 15 is 0 Å². The highest BCUT2D eigenvalue weighted by Crippen LogP contribution is 2.28. The number of thioether (sulfide) groups is 1. The normalized spacial score (nSPS) is 11.0. The number of nitrogens with zero attached hydrogens (tertiary/aromatic N) is 4. The molecule has 26 heavy (non-hydrogen) atoms. The maximum absolute atomic E-state index is 6.03. The summed E-state index contributed by atoms with van der Waals surface area (Å²) in [5, 5.41) is 12.5. The smallest absolute Gasteiger partial charge is 0.192 e. The van der Waals surface area contributed by atoms with Crippen LogP contribution in [-0.2, 0) is 12.3 Å². The standard InChI is InChI=1S/C19H15ClN4S2/c20-16-8-6-15(7-9-16)18-22-23-19(26-12-17-11-25-13-21-17)24(18)10-14-4-2-1-3-5-14/h1-9,11,13H,10,12H2. The van der Waals surface area contributed by atoms with E-state index < -0.39 is 0 Å². The first-order chi connectivity index (χ1) is 12.8. The van der Waals surface area contributed by atoms with Crippen LogP contribution >= 0.6 is 34.7 Å². The molecule has 0 fully saturated rings. The second kappa shape index (κ2) is 8.03. The fraction of sp³-hybridized carbons (Fsp3) is 0.105. The van der Waals surface area contributed by atoms with Gasteiger partial charge in [-0.05, 0) is 29.8 Å². The Balaban J connectivity index is 1.67. The molecule has 4 nitrogen and oxygen atoms in total. The Kier molecular flexibility index (Phi) is 5.34. The van der Waals surface area contributed by atoms with Crippen LogP contribution in [0.5, 0.6) is 0 Å². The molecule has 0 aliphatic carbocycles. The van der Waals surface area contributed by atoms with Crippen molar-refractivity contribution >= 4 is 34.7 Å². The van der Waals surface area contributed by atoms with Gasteiger partial charge >= 0.3 is 0 Å². The largest absolute Gasteiger partial charge is 0.298 e. The number of benzene rings is 2. The zero-order chi connectivity index (χ0) is 17.8. The Morgan fingerprint density at radius 3 is 2.54 bits per heavy atom. The fourth-order valence-electron chi connectivity index (χ4n) is 2.56. The molecule has 0 aliphatic rings. The molecule has 0 N–H and O–H groups in total. The number of aromatic nitrogens is 4. The van der Waals surface area contributed by atoms with Gasteiger partial charge in [0.25, 0.3) is 0 Å². The third kappa shape index (κ3) is 3.98. The van der Waals surface area contributed by atoms with Gasteiger partial charge in [-0.25, -0.2) is 4.98 Å². The first-order valence-electron chi connectivity index (χ1n) is 8.02. The lowest BCUT2D eigenvalue weighted by molar-refractivity contribution is 0.714. The maximum atomic E-state index is 6.03. The minimum absolute atomic E-state index is 0.709. The van der Waals surface area contributed by atoms with Crippen LogP contribution in [0.3, 0.4) is 0 Å². The van der Waals surface area contributed by atoms with Crippen LogP contribution in [0.2, 0.25) is 5.02 Å². The molecule has 0 atom stereocenters. The van der Waals surface area contributed by atoms with Crippen LogP contribution in [0.25, 0.3) is 11.4 Å². The third-order valence-corrected chi connectivity index (χ3v) is 5.72. The van der Waals surface area contributed by atoms with E-state index in [2.05, 4.69) is 37.3 Å². The molecule has 2 aromatic carbocycles. The Hall–Kier alpha value is -2.15. The molecule has 0 spiro atoms. The first kappa shape index (κ1) is 17.3. The summed E-state index contributed by atoms with van der Waals surface area (Å²) in [6.45, 7) is 0.713. The van der Waals surface area contributed by atoms with Crippen molar-refractivity contribution in [2.75, 3.05) is 0 Å². The number of hydrogen-bond donors (Lipinski definition) is 0. The van der Waals surface area contributed by atoms with Gasteiger partial charge in [-0.2, -0.15) is 0 Å². The van der Waals surface area contributed by atoms with E-state index in [4.69, 9.17) is 11.6 Å². The number of rotatable bonds is 6. The molecule has 7 heteroatoms. The molecule has 2 heterocycles. The zero-order valence-corrected chi connectivity index (χ0v) is 16.1. The van der Waals surface area contributed by atoms with Crippen molar-refractivity contribution < 1.29 is 0 Å². The molecule has 0 aliphatic heterocycles. The van der Waals surface area contributed by atoms with Gasteiger partial charge in [-0.3, -0.25) is 4.57 Å². The molecule has 0 bridgehead atoms. The lowest BCUT2D eigenvalue weighted by atomic mass is 10.2. The summed E-state index contributed by atoms with van der Waals surface area (Å²) in [7, 11) is 0. The molecule has 4 rings (SSSR count). The Bertz CT molecular complexity index is 967. The third-order valence-electron chi connectivity index (χ3n) is 3.84. The average Bonchev–Trinajstić information content (AvgIpc) is 3.32. The van der Waals surface area contributed by atoms with Crippen molar-refractivity contribution in [3.05, 3.63) is 81.8 Å². The highest BCUT2D eigenvalue weighted by molar-refractivity contribution is 7.98. The van der Waals surface area contributed by atoms with Crippen LogP contribution in [0.4, 0.5) is 0 Å². The van der Waals surface area contributed by atoms with E-state index in [-0.39, 0.29) is 0 Å². The van der Waals surface area contributed by atoms with Gasteiger partial charge in [0, 0.05) is 21.7 Å². The first-order valence-corrected chi connectivity index (χ1v) is 10.3. The Morgan fingerprint density at radius 1 is 1.00 bits per heavy atom. The van der Waals surface area contributed by atoms with Gasteiger partial charge in [0.05, 0.1) is 17.7 Å². The van der Waals surface area contributed by atoms with Crippen molar-refractivity contribution in [1.82, 2.24) is 19.7 Å². The molecule has 0 amide bonds. The fourth-order valence-corrected chi connectivity index (χ4v) is 4.19. The SMILES string of the molecule is Clc1ccc(-c2nnc(SCc3cscn3)n2Cc2ccccc2)cc1. The van der Waals surface area contributed by atoms with Gasteiger partial charge in [-0.15, -0.1) is 21.5 Å². The quantitative estimate of drug-likeness (QED) is 0.408. The maximum Gasteiger partial charge on any atom is 0.192 e. The van der Waals surface area contributed by atoms with Crippen molar-refractivity contribution in [3.63, 3.8) is 0 Å². The second-order valence-electron chi connectivity index (χ2n) is 5.65. The van der Waals surface area contributed by atoms with Crippen molar-refractivity contribution in [2.24, 2.45) is 0 Å². The van der Waals surface area contributed by atoms with E-state index in [0.29, 0.717) is 11.6 Å². The van der Waals surface area contributed by atoms with Crippen LogP contribution in [0.15, 0.2) is 70.6 Å². The van der Waals surface area contributed by atoms with E-state index in [1.54, 1.807) is 23.1 Å². The predicted octanol–water partition coefficient (Wildman–Crippen LogP) is 5.40. The molecule has 0 saturated heterocycles. The topological polar surface area (TPSA) is 43.6 Å². The van der Waals surface area contributed by atoms with Crippen LogP contribution in [0, 0.1) is 0 Å². The summed E-state index contributed by atoms with van der Waals surface area (Å²) in [4.78, 5) is 4.35. The van der Waals surface area contributed by atoms with E-state index in [9.17, 15) is 0 Å². The number of thiazole rings is 1. The van der Waals surface area contributed by atoms with Gasteiger partial charge in [0.2, 0.25) is 0 Å².